The molecule has 0 aliphatic heterocycles. The van der Waals surface area contributed by atoms with Crippen molar-refractivity contribution in [3.63, 3.8) is 0 Å². The highest BCUT2D eigenvalue weighted by atomic mass is 35.5. The lowest BCUT2D eigenvalue weighted by atomic mass is 9.76. The fourth-order valence-corrected chi connectivity index (χ4v) is 6.66. The molecule has 2 saturated carbocycles. The molecule has 2 aliphatic carbocycles. The van der Waals surface area contributed by atoms with Crippen LogP contribution in [0.5, 0.6) is 0 Å². The van der Waals surface area contributed by atoms with Gasteiger partial charge in [-0.05, 0) is 56.8 Å². The molecular weight excluding hydrogens is 547 g/mol. The predicted octanol–water partition coefficient (Wildman–Crippen LogP) is 4.19. The van der Waals surface area contributed by atoms with Crippen LogP contribution in [0.25, 0.3) is 22.1 Å². The van der Waals surface area contributed by atoms with Crippen LogP contribution < -0.4 is 5.73 Å². The van der Waals surface area contributed by atoms with Crippen molar-refractivity contribution in [3.05, 3.63) is 47.1 Å². The lowest BCUT2D eigenvalue weighted by Crippen LogP contribution is -2.46. The zero-order valence-electron chi connectivity index (χ0n) is 21.8. The molecule has 6 rings (SSSR count). The van der Waals surface area contributed by atoms with Crippen LogP contribution in [0, 0.1) is 11.8 Å². The highest BCUT2D eigenvalue weighted by Crippen LogP contribution is 2.41. The third kappa shape index (κ3) is 4.91. The third-order valence-electron chi connectivity index (χ3n) is 8.74. The topological polar surface area (TPSA) is 129 Å². The number of alkyl halides is 3. The summed E-state index contributed by atoms with van der Waals surface area (Å²) in [5, 5.41) is 22.1. The molecule has 0 unspecified atom stereocenters. The molecular formula is C27H31ClF3N7O2. The molecule has 4 atom stereocenters. The number of nitrogens with two attached hydrogens (primary N) is 1. The van der Waals surface area contributed by atoms with Gasteiger partial charge >= 0.3 is 6.18 Å². The number of hydrogen-bond donors (Lipinski definition) is 4. The van der Waals surface area contributed by atoms with Gasteiger partial charge in [-0.15, -0.1) is 0 Å². The maximum absolute atomic E-state index is 13.2. The molecule has 13 heteroatoms. The first-order valence-corrected chi connectivity index (χ1v) is 13.8. The summed E-state index contributed by atoms with van der Waals surface area (Å²) < 4.78 is 41.4. The Morgan fingerprint density at radius 3 is 2.70 bits per heavy atom. The van der Waals surface area contributed by atoms with Crippen LogP contribution in [-0.4, -0.2) is 71.5 Å². The van der Waals surface area contributed by atoms with E-state index in [0.29, 0.717) is 59.7 Å². The van der Waals surface area contributed by atoms with Crippen molar-refractivity contribution in [3.8, 4) is 0 Å². The van der Waals surface area contributed by atoms with Gasteiger partial charge in [-0.1, -0.05) is 11.6 Å². The Balaban J connectivity index is 1.02. The van der Waals surface area contributed by atoms with Crippen molar-refractivity contribution in [2.24, 2.45) is 11.8 Å². The van der Waals surface area contributed by atoms with Crippen LogP contribution in [0.3, 0.4) is 0 Å². The second-order valence-electron chi connectivity index (χ2n) is 11.3. The smallest absolute Gasteiger partial charge is 0.390 e. The Bertz CT molecular complexity index is 1530. The van der Waals surface area contributed by atoms with Crippen molar-refractivity contribution >= 4 is 39.5 Å². The molecule has 2 aliphatic rings. The summed E-state index contributed by atoms with van der Waals surface area (Å²) in [5.74, 6) is 1.43. The molecule has 0 spiro atoms. The number of benzene rings is 1. The summed E-state index contributed by atoms with van der Waals surface area (Å²) in [5.41, 5.74) is 6.50. The number of nitrogens with zero attached hydrogens (tertiary/aromatic N) is 5. The first kappa shape index (κ1) is 27.3. The van der Waals surface area contributed by atoms with Gasteiger partial charge in [0.25, 0.3) is 0 Å². The van der Waals surface area contributed by atoms with Crippen molar-refractivity contribution in [1.29, 1.82) is 0 Å². The molecule has 0 radical (unpaired) electrons. The Labute approximate surface area is 233 Å². The van der Waals surface area contributed by atoms with Crippen LogP contribution in [0.15, 0.2) is 30.7 Å². The zero-order chi connectivity index (χ0) is 28.3. The molecule has 3 heterocycles. The number of nitrogens with one attached hydrogen (secondary N) is 1. The van der Waals surface area contributed by atoms with E-state index in [2.05, 4.69) is 24.8 Å². The Morgan fingerprint density at radius 2 is 1.95 bits per heavy atom. The molecule has 1 aromatic carbocycles. The standard InChI is InChI=1S/C27H31ClF3N7O2/c1-37(11-14-8-21(24(40)23(14)39)38-5-4-16-25(32)33-12-34-26(16)38)15-6-13(7-15)2-3-22-35-19-9-17(27(29,30)31)18(28)10-20(19)36-22/h4-5,9-10,12-15,21,23-24,39-40H,2-3,6-8,11H2,1H3,(H,35,36)(H2,32,33,34)/t13?,14-,15?,21-,23-,24+/m1/s1. The van der Waals surface area contributed by atoms with E-state index in [-0.39, 0.29) is 17.0 Å². The van der Waals surface area contributed by atoms with Gasteiger partial charge in [-0.3, -0.25) is 0 Å². The highest BCUT2D eigenvalue weighted by Gasteiger charge is 2.44. The molecule has 4 aromatic rings. The maximum atomic E-state index is 13.2. The average Bonchev–Trinajstić information content (AvgIpc) is 3.54. The van der Waals surface area contributed by atoms with E-state index in [1.165, 1.54) is 12.4 Å². The number of hydrogen-bond acceptors (Lipinski definition) is 7. The summed E-state index contributed by atoms with van der Waals surface area (Å²) in [4.78, 5) is 18.1. The molecule has 40 heavy (non-hydrogen) atoms. The lowest BCUT2D eigenvalue weighted by Gasteiger charge is -2.42. The fraction of sp³-hybridized carbons (Fsp3) is 0.519. The Kier molecular flexibility index (Phi) is 6.92. The summed E-state index contributed by atoms with van der Waals surface area (Å²) in [6, 6.07) is 4.17. The van der Waals surface area contributed by atoms with E-state index in [9.17, 15) is 23.4 Å². The molecule has 0 bridgehead atoms. The van der Waals surface area contributed by atoms with Gasteiger partial charge in [0.1, 0.15) is 29.7 Å². The molecule has 0 saturated heterocycles. The van der Waals surface area contributed by atoms with Crippen LogP contribution in [0.2, 0.25) is 5.02 Å². The zero-order valence-corrected chi connectivity index (χ0v) is 22.6. The number of anilines is 1. The van der Waals surface area contributed by atoms with E-state index in [1.54, 1.807) is 0 Å². The number of rotatable bonds is 7. The van der Waals surface area contributed by atoms with Gasteiger partial charge in [0.15, 0.2) is 0 Å². The average molecular weight is 578 g/mol. The van der Waals surface area contributed by atoms with Crippen molar-refractivity contribution in [2.45, 2.75) is 62.6 Å². The van der Waals surface area contributed by atoms with Gasteiger partial charge in [0.2, 0.25) is 0 Å². The van der Waals surface area contributed by atoms with Gasteiger partial charge < -0.3 is 30.4 Å². The minimum Gasteiger partial charge on any atom is -0.390 e. The molecule has 3 aromatic heterocycles. The van der Waals surface area contributed by atoms with E-state index in [4.69, 9.17) is 17.3 Å². The molecule has 2 fully saturated rings. The van der Waals surface area contributed by atoms with Crippen LogP contribution in [0.4, 0.5) is 19.0 Å². The second kappa shape index (κ2) is 10.2. The third-order valence-corrected chi connectivity index (χ3v) is 9.05. The molecule has 9 nitrogen and oxygen atoms in total. The van der Waals surface area contributed by atoms with E-state index in [0.717, 1.165) is 30.7 Å². The van der Waals surface area contributed by atoms with Gasteiger partial charge in [-0.2, -0.15) is 13.2 Å². The lowest BCUT2D eigenvalue weighted by molar-refractivity contribution is -0.137. The number of halogens is 4. The summed E-state index contributed by atoms with van der Waals surface area (Å²) in [7, 11) is 2.05. The van der Waals surface area contributed by atoms with Crippen molar-refractivity contribution < 1.29 is 23.4 Å². The fourth-order valence-electron chi connectivity index (χ4n) is 6.39. The Morgan fingerprint density at radius 1 is 1.18 bits per heavy atom. The molecule has 5 N–H and O–H groups in total. The SMILES string of the molecule is CN(C[C@H]1C[C@@H](n2ccc3c(N)ncnc32)[C@H](O)[C@@H]1O)C1CC(CCc2nc3cc(Cl)c(C(F)(F)F)cc3[nH]2)C1. The predicted molar refractivity (Wildman–Crippen MR) is 145 cm³/mol. The van der Waals surface area contributed by atoms with Crippen LogP contribution in [0.1, 0.15) is 43.1 Å². The van der Waals surface area contributed by atoms with Crippen LogP contribution in [-0.2, 0) is 12.6 Å². The normalized spacial score (nSPS) is 27.2. The first-order valence-electron chi connectivity index (χ1n) is 13.4. The number of aromatic amines is 1. The monoisotopic (exact) mass is 577 g/mol. The molecule has 214 valence electrons. The quantitative estimate of drug-likeness (QED) is 0.259. The number of imidazole rings is 1. The first-order chi connectivity index (χ1) is 19.0. The van der Waals surface area contributed by atoms with Crippen molar-refractivity contribution in [1.82, 2.24) is 29.4 Å². The summed E-state index contributed by atoms with van der Waals surface area (Å²) in [6.45, 7) is 0.661. The van der Waals surface area contributed by atoms with Crippen molar-refractivity contribution in [2.75, 3.05) is 19.3 Å². The minimum atomic E-state index is -4.52. The van der Waals surface area contributed by atoms with Gasteiger partial charge in [-0.25, -0.2) is 15.0 Å². The van der Waals surface area contributed by atoms with Gasteiger partial charge in [0, 0.05) is 31.1 Å². The Hall–Kier alpha value is -2.93. The van der Waals surface area contributed by atoms with E-state index >= 15 is 0 Å². The number of nitrogen functional groups attached to an aromatic ring is 1. The number of H-pyrrole nitrogens is 1. The number of fused-ring (bicyclic) bond motifs is 2. The number of aliphatic hydroxyl groups is 2. The molecule has 0 amide bonds. The number of aromatic nitrogens is 5. The summed E-state index contributed by atoms with van der Waals surface area (Å²) in [6.07, 6.45) is 1.08. The maximum Gasteiger partial charge on any atom is 0.417 e. The second-order valence-corrected chi connectivity index (χ2v) is 11.7. The largest absolute Gasteiger partial charge is 0.417 e. The highest BCUT2D eigenvalue weighted by molar-refractivity contribution is 6.32. The van der Waals surface area contributed by atoms with Crippen LogP contribution >= 0.6 is 11.6 Å². The number of aliphatic hydroxyl groups excluding tert-OH is 2. The number of aryl methyl sites for hydroxylation is 1. The van der Waals surface area contributed by atoms with E-state index < -0.39 is 23.9 Å². The van der Waals surface area contributed by atoms with Gasteiger partial charge in [0.05, 0.1) is 39.2 Å². The van der Waals surface area contributed by atoms with E-state index in [1.807, 2.05) is 23.9 Å². The summed E-state index contributed by atoms with van der Waals surface area (Å²) >= 11 is 5.82. The minimum absolute atomic E-state index is 0.0929.